The molecule has 1 saturated heterocycles. The lowest BCUT2D eigenvalue weighted by Gasteiger charge is -2.34. The van der Waals surface area contributed by atoms with Crippen molar-refractivity contribution in [1.29, 1.82) is 0 Å². The molecule has 1 fully saturated rings. The topological polar surface area (TPSA) is 80.2 Å². The molecule has 0 spiro atoms. The number of ether oxygens (including phenoxy) is 1. The highest BCUT2D eigenvalue weighted by Crippen LogP contribution is 2.43. The number of thioether (sulfide) groups is 1. The van der Waals surface area contributed by atoms with Crippen LogP contribution in [0.5, 0.6) is 5.75 Å². The largest absolute Gasteiger partial charge is 0.573 e. The Morgan fingerprint density at radius 2 is 1.94 bits per heavy atom. The molecule has 2 aromatic carbocycles. The van der Waals surface area contributed by atoms with Crippen LogP contribution in [0.2, 0.25) is 0 Å². The number of nitrogens with one attached hydrogen (secondary N) is 1. The van der Waals surface area contributed by atoms with Gasteiger partial charge in [0.25, 0.3) is 5.91 Å². The van der Waals surface area contributed by atoms with Crippen molar-refractivity contribution in [2.75, 3.05) is 7.11 Å². The number of benzene rings is 2. The molecule has 1 amide bonds. The number of aliphatic hydroxyl groups excluding tert-OH is 1. The number of aliphatic hydroxyl groups is 1. The van der Waals surface area contributed by atoms with Gasteiger partial charge in [-0.05, 0) is 71.7 Å². The summed E-state index contributed by atoms with van der Waals surface area (Å²) in [6, 6.07) is 8.03. The van der Waals surface area contributed by atoms with Gasteiger partial charge in [0.2, 0.25) is 0 Å². The van der Waals surface area contributed by atoms with Gasteiger partial charge in [-0.25, -0.2) is 0 Å². The van der Waals surface area contributed by atoms with E-state index in [9.17, 15) is 23.1 Å². The van der Waals surface area contributed by atoms with Crippen molar-refractivity contribution in [3.8, 4) is 16.9 Å². The number of hydrogen-bond donors (Lipinski definition) is 2. The molecule has 0 bridgehead atoms. The second-order valence-corrected chi connectivity index (χ2v) is 10.2. The molecule has 10 heteroatoms. The number of nitrogens with zero attached hydrogens (tertiary/aromatic N) is 1. The molecule has 1 heterocycles. The first kappa shape index (κ1) is 25.1. The molecule has 186 valence electrons. The number of carbonyl (C=O) groups is 1. The third-order valence-electron chi connectivity index (χ3n) is 6.13. The number of halogens is 3. The molecule has 6 nitrogen and oxygen atoms in total. The fourth-order valence-corrected chi connectivity index (χ4v) is 5.18. The van der Waals surface area contributed by atoms with E-state index in [1.165, 1.54) is 25.3 Å². The number of fused-ring (bicyclic) bond motifs is 1. The van der Waals surface area contributed by atoms with Crippen LogP contribution in [0.4, 0.5) is 13.2 Å². The summed E-state index contributed by atoms with van der Waals surface area (Å²) in [5.41, 5.74) is 3.43. The minimum absolute atomic E-state index is 0.142. The fourth-order valence-electron chi connectivity index (χ4n) is 4.40. The zero-order chi connectivity index (χ0) is 25.5. The van der Waals surface area contributed by atoms with Crippen molar-refractivity contribution < 1.29 is 32.6 Å². The van der Waals surface area contributed by atoms with Crippen LogP contribution in [-0.4, -0.2) is 35.8 Å². The summed E-state index contributed by atoms with van der Waals surface area (Å²) in [5.74, 6) is -0.807. The summed E-state index contributed by atoms with van der Waals surface area (Å²) >= 11 is 0.927. The highest BCUT2D eigenvalue weighted by atomic mass is 32.2. The number of rotatable bonds is 4. The first-order valence-electron chi connectivity index (χ1n) is 10.9. The fraction of sp³-hybridized carbons (Fsp3) is 0.360. The first-order valence-corrected chi connectivity index (χ1v) is 11.8. The Kier molecular flexibility index (Phi) is 6.63. The Morgan fingerprint density at radius 1 is 1.20 bits per heavy atom. The second-order valence-electron chi connectivity index (χ2n) is 9.07. The molecule has 1 aliphatic carbocycles. The lowest BCUT2D eigenvalue weighted by atomic mass is 9.70. The molecule has 2 N–H and O–H groups in total. The quantitative estimate of drug-likeness (QED) is 0.425. The molecule has 1 unspecified atom stereocenters. The summed E-state index contributed by atoms with van der Waals surface area (Å²) in [6.07, 6.45) is -1.83. The third-order valence-corrected chi connectivity index (χ3v) is 7.03. The van der Waals surface area contributed by atoms with Gasteiger partial charge in [-0.2, -0.15) is 0 Å². The van der Waals surface area contributed by atoms with Crippen LogP contribution in [0.1, 0.15) is 48.9 Å². The van der Waals surface area contributed by atoms with Crippen LogP contribution in [0.3, 0.4) is 0 Å². The summed E-state index contributed by atoms with van der Waals surface area (Å²) in [4.78, 5) is 17.3. The summed E-state index contributed by atoms with van der Waals surface area (Å²) in [6.45, 7) is 6.09. The molecular weight excluding hydrogens is 481 g/mol. The molecular formula is C25H25F3N2O4S. The number of alkyl halides is 3. The molecule has 1 atom stereocenters. The predicted octanol–water partition coefficient (Wildman–Crippen LogP) is 5.46. The summed E-state index contributed by atoms with van der Waals surface area (Å²) < 4.78 is 44.1. The zero-order valence-corrected chi connectivity index (χ0v) is 20.4. The Bertz CT molecular complexity index is 1240. The van der Waals surface area contributed by atoms with Gasteiger partial charge in [0.15, 0.2) is 5.56 Å². The molecule has 1 aliphatic heterocycles. The van der Waals surface area contributed by atoms with E-state index in [-0.39, 0.29) is 21.6 Å². The van der Waals surface area contributed by atoms with E-state index >= 15 is 0 Å². The Hall–Kier alpha value is -2.98. The first-order chi connectivity index (χ1) is 16.4. The maximum Gasteiger partial charge on any atom is 0.573 e. The van der Waals surface area contributed by atoms with Crippen LogP contribution in [0.25, 0.3) is 17.2 Å². The van der Waals surface area contributed by atoms with E-state index in [1.54, 1.807) is 6.07 Å². The maximum absolute atomic E-state index is 13.2. The molecule has 35 heavy (non-hydrogen) atoms. The number of amides is 1. The van der Waals surface area contributed by atoms with E-state index in [0.717, 1.165) is 40.6 Å². The Morgan fingerprint density at radius 3 is 2.57 bits per heavy atom. The zero-order valence-electron chi connectivity index (χ0n) is 19.6. The summed E-state index contributed by atoms with van der Waals surface area (Å²) in [7, 11) is 1.46. The lowest BCUT2D eigenvalue weighted by Crippen LogP contribution is -2.28. The number of aryl methyl sites for hydroxylation is 1. The Labute approximate surface area is 205 Å². The van der Waals surface area contributed by atoms with Gasteiger partial charge >= 0.3 is 6.36 Å². The van der Waals surface area contributed by atoms with Crippen LogP contribution in [0.15, 0.2) is 40.4 Å². The van der Waals surface area contributed by atoms with Crippen LogP contribution >= 0.6 is 11.8 Å². The highest BCUT2D eigenvalue weighted by molar-refractivity contribution is 8.05. The van der Waals surface area contributed by atoms with E-state index < -0.39 is 17.8 Å². The average Bonchev–Trinajstić information content (AvgIpc) is 3.07. The van der Waals surface area contributed by atoms with Crippen molar-refractivity contribution in [1.82, 2.24) is 5.32 Å². The van der Waals surface area contributed by atoms with Crippen LogP contribution in [0, 0.1) is 6.92 Å². The van der Waals surface area contributed by atoms with Crippen molar-refractivity contribution in [2.45, 2.75) is 51.0 Å². The van der Waals surface area contributed by atoms with E-state index in [2.05, 4.69) is 29.1 Å². The van der Waals surface area contributed by atoms with E-state index in [4.69, 9.17) is 4.84 Å². The van der Waals surface area contributed by atoms with Gasteiger partial charge in [0, 0.05) is 11.1 Å². The van der Waals surface area contributed by atoms with Crippen molar-refractivity contribution >= 4 is 29.5 Å². The molecule has 2 aromatic rings. The standard InChI is InChI=1S/C25H25F3N2O4S/c1-13-9-18-17(19(30-33-4)7-8-24(18,2)3)12-15(13)16-10-14(5-6-20(16)34-25(26,27)28)11-21-22(31)29-23(32)35-21/h5-6,9-12,23,32H,7-8H2,1-4H3,(H,29,31)/b21-11-,30-19+. The SMILES string of the molecule is CO/N=C1\CCC(C)(C)c2cc(C)c(-c3cc(/C=C4\SC(O)NC4=O)ccc3OC(F)(F)F)cc21. The van der Waals surface area contributed by atoms with Crippen molar-refractivity contribution in [3.63, 3.8) is 0 Å². The predicted molar refractivity (Wildman–Crippen MR) is 129 cm³/mol. The van der Waals surface area contributed by atoms with E-state index in [1.807, 2.05) is 19.1 Å². The van der Waals surface area contributed by atoms with Crippen molar-refractivity contribution in [2.24, 2.45) is 5.16 Å². The van der Waals surface area contributed by atoms with E-state index in [0.29, 0.717) is 17.5 Å². The number of oxime groups is 1. The minimum atomic E-state index is -4.88. The highest BCUT2D eigenvalue weighted by Gasteiger charge is 2.34. The van der Waals surface area contributed by atoms with Crippen molar-refractivity contribution in [3.05, 3.63) is 57.5 Å². The minimum Gasteiger partial charge on any atom is -0.405 e. The smallest absolute Gasteiger partial charge is 0.405 e. The normalized spacial score (nSPS) is 21.7. The van der Waals surface area contributed by atoms with Gasteiger partial charge in [-0.15, -0.1) is 13.2 Å². The van der Waals surface area contributed by atoms with Gasteiger partial charge in [-0.3, -0.25) is 4.79 Å². The van der Waals surface area contributed by atoms with Gasteiger partial charge in [0.1, 0.15) is 12.9 Å². The van der Waals surface area contributed by atoms with Gasteiger partial charge < -0.3 is 20.0 Å². The Balaban J connectivity index is 1.90. The monoisotopic (exact) mass is 506 g/mol. The second kappa shape index (κ2) is 9.23. The third kappa shape index (κ3) is 5.33. The molecule has 4 rings (SSSR count). The van der Waals surface area contributed by atoms with Crippen LogP contribution < -0.4 is 10.1 Å². The lowest BCUT2D eigenvalue weighted by molar-refractivity contribution is -0.274. The van der Waals surface area contributed by atoms with Crippen LogP contribution in [-0.2, 0) is 15.0 Å². The van der Waals surface area contributed by atoms with Gasteiger partial charge in [-0.1, -0.05) is 42.9 Å². The number of carbonyl (C=O) groups excluding carboxylic acids is 1. The summed E-state index contributed by atoms with van der Waals surface area (Å²) in [5, 5.41) is 16.2. The molecule has 2 aliphatic rings. The molecule has 0 aromatic heterocycles. The van der Waals surface area contributed by atoms with Gasteiger partial charge in [0.05, 0.1) is 10.6 Å². The number of hydrogen-bond acceptors (Lipinski definition) is 6. The molecule has 0 radical (unpaired) electrons. The maximum atomic E-state index is 13.2. The average molecular weight is 507 g/mol. The molecule has 0 saturated carbocycles.